The van der Waals surface area contributed by atoms with Crippen LogP contribution in [0.3, 0.4) is 0 Å². The number of methoxy groups -OCH3 is 1. The molecule has 1 heterocycles. The molecule has 0 saturated carbocycles. The van der Waals surface area contributed by atoms with Crippen molar-refractivity contribution in [2.75, 3.05) is 50.1 Å². The Hall–Kier alpha value is -3.59. The number of carbonyl (C=O) groups excluding carboxylic acids is 1. The van der Waals surface area contributed by atoms with Crippen molar-refractivity contribution in [3.05, 3.63) is 54.6 Å². The Kier molecular flexibility index (Phi) is 9.31. The van der Waals surface area contributed by atoms with Crippen LogP contribution in [0.4, 0.5) is 11.4 Å². The maximum absolute atomic E-state index is 12.2. The highest BCUT2D eigenvalue weighted by atomic mass is 16.5. The monoisotopic (exact) mass is 429 g/mol. The number of carboxylic acid groups (broad SMARTS) is 2. The number of piperazine rings is 1. The number of rotatable bonds is 6. The molecule has 0 spiro atoms. The molecule has 2 aromatic rings. The van der Waals surface area contributed by atoms with E-state index in [4.69, 9.17) is 24.5 Å². The van der Waals surface area contributed by atoms with Gasteiger partial charge in [-0.15, -0.1) is 0 Å². The number of carbonyl (C=O) groups is 3. The van der Waals surface area contributed by atoms with Gasteiger partial charge in [0.1, 0.15) is 5.75 Å². The topological polar surface area (TPSA) is 119 Å². The van der Waals surface area contributed by atoms with Gasteiger partial charge < -0.3 is 25.2 Å². The molecule has 1 saturated heterocycles. The van der Waals surface area contributed by atoms with Gasteiger partial charge in [0, 0.05) is 56.6 Å². The van der Waals surface area contributed by atoms with Gasteiger partial charge in [-0.3, -0.25) is 9.69 Å². The Labute approximate surface area is 180 Å². The average molecular weight is 429 g/mol. The van der Waals surface area contributed by atoms with Crippen molar-refractivity contribution in [3.8, 4) is 5.75 Å². The lowest BCUT2D eigenvalue weighted by molar-refractivity contribution is -0.159. The highest BCUT2D eigenvalue weighted by Gasteiger charge is 2.17. The van der Waals surface area contributed by atoms with Crippen LogP contribution < -0.4 is 15.0 Å². The summed E-state index contributed by atoms with van der Waals surface area (Å²) in [6, 6.07) is 17.9. The van der Waals surface area contributed by atoms with Crippen molar-refractivity contribution in [2.45, 2.75) is 6.42 Å². The molecule has 0 radical (unpaired) electrons. The number of hydrogen-bond acceptors (Lipinski definition) is 6. The fraction of sp³-hybridized carbons (Fsp3) is 0.318. The van der Waals surface area contributed by atoms with Crippen LogP contribution in [-0.2, 0) is 14.4 Å². The lowest BCUT2D eigenvalue weighted by Crippen LogP contribution is -2.47. The Morgan fingerprint density at radius 2 is 1.58 bits per heavy atom. The van der Waals surface area contributed by atoms with E-state index in [9.17, 15) is 4.79 Å². The third kappa shape index (κ3) is 8.35. The largest absolute Gasteiger partial charge is 0.497 e. The van der Waals surface area contributed by atoms with Crippen molar-refractivity contribution in [1.29, 1.82) is 0 Å². The van der Waals surface area contributed by atoms with Crippen LogP contribution in [-0.4, -0.2) is 72.8 Å². The summed E-state index contributed by atoms with van der Waals surface area (Å²) in [5, 5.41) is 17.7. The molecule has 0 bridgehead atoms. The van der Waals surface area contributed by atoms with Crippen molar-refractivity contribution in [3.63, 3.8) is 0 Å². The van der Waals surface area contributed by atoms with Gasteiger partial charge in [0.25, 0.3) is 0 Å². The lowest BCUT2D eigenvalue weighted by atomic mass is 10.2. The predicted octanol–water partition coefficient (Wildman–Crippen LogP) is 2.00. The van der Waals surface area contributed by atoms with Crippen LogP contribution in [0, 0.1) is 0 Å². The van der Waals surface area contributed by atoms with Gasteiger partial charge in [-0.25, -0.2) is 9.59 Å². The van der Waals surface area contributed by atoms with E-state index >= 15 is 0 Å². The summed E-state index contributed by atoms with van der Waals surface area (Å²) in [5.74, 6) is -2.86. The quantitative estimate of drug-likeness (QED) is 0.597. The van der Waals surface area contributed by atoms with Gasteiger partial charge in [-0.1, -0.05) is 24.3 Å². The van der Waals surface area contributed by atoms with Crippen LogP contribution in [0.5, 0.6) is 5.75 Å². The molecule has 0 aromatic heterocycles. The summed E-state index contributed by atoms with van der Waals surface area (Å²) in [6.45, 7) is 4.77. The maximum Gasteiger partial charge on any atom is 0.414 e. The summed E-state index contributed by atoms with van der Waals surface area (Å²) in [5.41, 5.74) is 2.05. The Balaban J connectivity index is 0.000000501. The molecule has 166 valence electrons. The molecule has 9 heteroatoms. The fourth-order valence-corrected chi connectivity index (χ4v) is 3.05. The minimum absolute atomic E-state index is 0.0405. The number of benzene rings is 2. The van der Waals surface area contributed by atoms with Crippen LogP contribution in [0.1, 0.15) is 6.42 Å². The molecule has 1 aliphatic rings. The number of nitrogens with zero attached hydrogens (tertiary/aromatic N) is 2. The first-order chi connectivity index (χ1) is 14.9. The van der Waals surface area contributed by atoms with Gasteiger partial charge in [0.15, 0.2) is 0 Å². The molecular weight excluding hydrogens is 402 g/mol. The molecule has 1 amide bonds. The van der Waals surface area contributed by atoms with Crippen molar-refractivity contribution in [1.82, 2.24) is 4.90 Å². The van der Waals surface area contributed by atoms with Crippen molar-refractivity contribution < 1.29 is 29.3 Å². The highest BCUT2D eigenvalue weighted by molar-refractivity contribution is 6.27. The van der Waals surface area contributed by atoms with Crippen LogP contribution in [0.15, 0.2) is 54.6 Å². The van der Waals surface area contributed by atoms with Crippen LogP contribution >= 0.6 is 0 Å². The van der Waals surface area contributed by atoms with Crippen LogP contribution in [0.25, 0.3) is 0 Å². The molecule has 3 rings (SSSR count). The van der Waals surface area contributed by atoms with Gasteiger partial charge in [0.2, 0.25) is 5.91 Å². The molecule has 1 fully saturated rings. The standard InChI is InChI=1S/C20H25N3O2.C2H2O4/c1-25-19-9-5-6-17(16-19)21-20(24)10-11-22-12-14-23(15-13-22)18-7-3-2-4-8-18;3-1(4)2(5)6/h2-9,16H,10-15H2,1H3,(H,21,24);(H,3,4)(H,5,6). The smallest absolute Gasteiger partial charge is 0.414 e. The van der Waals surface area contributed by atoms with E-state index in [2.05, 4.69) is 39.4 Å². The summed E-state index contributed by atoms with van der Waals surface area (Å²) >= 11 is 0. The van der Waals surface area contributed by atoms with E-state index in [0.717, 1.165) is 44.2 Å². The zero-order valence-electron chi connectivity index (χ0n) is 17.4. The number of anilines is 2. The van der Waals surface area contributed by atoms with Crippen molar-refractivity contribution in [2.24, 2.45) is 0 Å². The second-order valence-electron chi connectivity index (χ2n) is 6.80. The summed E-state index contributed by atoms with van der Waals surface area (Å²) in [7, 11) is 1.62. The predicted molar refractivity (Wildman–Crippen MR) is 117 cm³/mol. The molecule has 9 nitrogen and oxygen atoms in total. The Morgan fingerprint density at radius 1 is 0.935 bits per heavy atom. The second-order valence-corrected chi connectivity index (χ2v) is 6.80. The number of carboxylic acids is 2. The molecule has 31 heavy (non-hydrogen) atoms. The minimum atomic E-state index is -1.82. The van der Waals surface area contributed by atoms with Crippen LogP contribution in [0.2, 0.25) is 0 Å². The number of amides is 1. The van der Waals surface area contributed by atoms with Gasteiger partial charge >= 0.3 is 11.9 Å². The molecule has 2 aromatic carbocycles. The minimum Gasteiger partial charge on any atom is -0.497 e. The van der Waals surface area contributed by atoms with E-state index in [1.165, 1.54) is 5.69 Å². The van der Waals surface area contributed by atoms with Gasteiger partial charge in [-0.05, 0) is 24.3 Å². The van der Waals surface area contributed by atoms with E-state index in [1.807, 2.05) is 30.3 Å². The summed E-state index contributed by atoms with van der Waals surface area (Å²) in [4.78, 5) is 35.1. The number of aliphatic carboxylic acids is 2. The third-order valence-corrected chi connectivity index (χ3v) is 4.69. The van der Waals surface area contributed by atoms with E-state index < -0.39 is 11.9 Å². The molecular formula is C22H27N3O6. The summed E-state index contributed by atoms with van der Waals surface area (Å²) < 4.78 is 5.17. The molecule has 3 N–H and O–H groups in total. The lowest BCUT2D eigenvalue weighted by Gasteiger charge is -2.36. The van der Waals surface area contributed by atoms with Gasteiger partial charge in [-0.2, -0.15) is 0 Å². The zero-order chi connectivity index (χ0) is 22.6. The first-order valence-electron chi connectivity index (χ1n) is 9.81. The van der Waals surface area contributed by atoms with E-state index in [0.29, 0.717) is 6.42 Å². The van der Waals surface area contributed by atoms with E-state index in [-0.39, 0.29) is 5.91 Å². The Morgan fingerprint density at radius 3 is 2.16 bits per heavy atom. The number of nitrogens with one attached hydrogen (secondary N) is 1. The number of ether oxygens (including phenoxy) is 1. The number of hydrogen-bond donors (Lipinski definition) is 3. The maximum atomic E-state index is 12.2. The van der Waals surface area contributed by atoms with Crippen molar-refractivity contribution >= 4 is 29.2 Å². The zero-order valence-corrected chi connectivity index (χ0v) is 17.4. The Bertz CT molecular complexity index is 855. The first-order valence-corrected chi connectivity index (χ1v) is 9.81. The molecule has 0 atom stereocenters. The average Bonchev–Trinajstić information content (AvgIpc) is 2.79. The molecule has 1 aliphatic heterocycles. The van der Waals surface area contributed by atoms with Gasteiger partial charge in [0.05, 0.1) is 7.11 Å². The summed E-state index contributed by atoms with van der Waals surface area (Å²) in [6.07, 6.45) is 0.503. The molecule has 0 unspecified atom stereocenters. The third-order valence-electron chi connectivity index (χ3n) is 4.69. The normalized spacial score (nSPS) is 13.5. The number of para-hydroxylation sites is 1. The highest BCUT2D eigenvalue weighted by Crippen LogP contribution is 2.17. The second kappa shape index (κ2) is 12.2. The fourth-order valence-electron chi connectivity index (χ4n) is 3.05. The first kappa shape index (κ1) is 23.7. The molecule has 0 aliphatic carbocycles. The van der Waals surface area contributed by atoms with E-state index in [1.54, 1.807) is 7.11 Å². The SMILES string of the molecule is COc1cccc(NC(=O)CCN2CCN(c3ccccc3)CC2)c1.O=C(O)C(=O)O.